The molecule has 0 radical (unpaired) electrons. The van der Waals surface area contributed by atoms with Gasteiger partial charge in [-0.3, -0.25) is 9.67 Å². The lowest BCUT2D eigenvalue weighted by molar-refractivity contribution is 0.428. The van der Waals surface area contributed by atoms with E-state index in [1.54, 1.807) is 4.68 Å². The monoisotopic (exact) mass is 258 g/mol. The quantitative estimate of drug-likeness (QED) is 0.915. The van der Waals surface area contributed by atoms with E-state index in [1.165, 1.54) is 0 Å². The molecule has 19 heavy (non-hydrogen) atoms. The Labute approximate surface area is 114 Å². The maximum atomic E-state index is 4.68. The molecule has 0 spiro atoms. The van der Waals surface area contributed by atoms with Gasteiger partial charge in [-0.1, -0.05) is 6.07 Å². The van der Waals surface area contributed by atoms with E-state index in [9.17, 15) is 0 Å². The average molecular weight is 258 g/mol. The summed E-state index contributed by atoms with van der Waals surface area (Å²) in [7, 11) is 1.92. The highest BCUT2D eigenvalue weighted by Gasteiger charge is 2.08. The predicted molar refractivity (Wildman–Crippen MR) is 77.9 cm³/mol. The largest absolute Gasteiger partial charge is 0.312 e. The Morgan fingerprint density at radius 1 is 1.26 bits per heavy atom. The smallest absolute Gasteiger partial charge is 0.0736 e. The maximum absolute atomic E-state index is 4.68. The maximum Gasteiger partial charge on any atom is 0.0736 e. The van der Waals surface area contributed by atoms with Crippen LogP contribution >= 0.6 is 0 Å². The van der Waals surface area contributed by atoms with Crippen LogP contribution in [0.4, 0.5) is 0 Å². The minimum atomic E-state index is 0.154. The minimum absolute atomic E-state index is 0.154. The van der Waals surface area contributed by atoms with Crippen molar-refractivity contribution in [3.05, 3.63) is 36.3 Å². The molecule has 2 heterocycles. The van der Waals surface area contributed by atoms with Crippen molar-refractivity contribution in [3.63, 3.8) is 0 Å². The molecule has 0 aliphatic carbocycles. The molecule has 0 unspecified atom stereocenters. The fourth-order valence-electron chi connectivity index (χ4n) is 1.90. The summed E-state index contributed by atoms with van der Waals surface area (Å²) in [6.45, 7) is 7.46. The predicted octanol–water partition coefficient (Wildman–Crippen LogP) is 2.41. The van der Waals surface area contributed by atoms with Crippen molar-refractivity contribution in [1.29, 1.82) is 0 Å². The molecule has 0 bridgehead atoms. The van der Waals surface area contributed by atoms with E-state index in [2.05, 4.69) is 48.3 Å². The lowest BCUT2D eigenvalue weighted by Crippen LogP contribution is -2.37. The first-order chi connectivity index (χ1) is 8.94. The van der Waals surface area contributed by atoms with Gasteiger partial charge in [0.25, 0.3) is 0 Å². The third kappa shape index (κ3) is 4.17. The normalized spacial score (nSPS) is 11.8. The minimum Gasteiger partial charge on any atom is -0.312 e. The first kappa shape index (κ1) is 13.7. The van der Waals surface area contributed by atoms with Crippen LogP contribution in [0, 0.1) is 0 Å². The number of nitrogens with one attached hydrogen (secondary N) is 1. The van der Waals surface area contributed by atoms with E-state index < -0.39 is 0 Å². The fraction of sp³-hybridized carbons (Fsp3) is 0.467. The molecule has 0 aliphatic heterocycles. The summed E-state index contributed by atoms with van der Waals surface area (Å²) < 4.78 is 1.80. The SMILES string of the molecule is Cn1cc(-c2cccc(CCNC(C)(C)C)n2)cn1. The second-order valence-electron chi connectivity index (χ2n) is 5.84. The van der Waals surface area contributed by atoms with Gasteiger partial charge < -0.3 is 5.32 Å². The number of nitrogens with zero attached hydrogens (tertiary/aromatic N) is 3. The number of hydrogen-bond acceptors (Lipinski definition) is 3. The lowest BCUT2D eigenvalue weighted by Gasteiger charge is -2.20. The zero-order valence-corrected chi connectivity index (χ0v) is 12.1. The molecule has 0 amide bonds. The van der Waals surface area contributed by atoms with Gasteiger partial charge in [-0.2, -0.15) is 5.10 Å². The highest BCUT2D eigenvalue weighted by Crippen LogP contribution is 2.15. The van der Waals surface area contributed by atoms with E-state index in [-0.39, 0.29) is 5.54 Å². The van der Waals surface area contributed by atoms with Crippen LogP contribution in [0.15, 0.2) is 30.6 Å². The molecule has 2 aromatic rings. The zero-order chi connectivity index (χ0) is 13.9. The zero-order valence-electron chi connectivity index (χ0n) is 12.1. The molecule has 2 aromatic heterocycles. The first-order valence-electron chi connectivity index (χ1n) is 6.64. The molecule has 0 aliphatic rings. The second-order valence-corrected chi connectivity index (χ2v) is 5.84. The van der Waals surface area contributed by atoms with Gasteiger partial charge in [0.2, 0.25) is 0 Å². The summed E-state index contributed by atoms with van der Waals surface area (Å²) in [4.78, 5) is 4.68. The van der Waals surface area contributed by atoms with Crippen LogP contribution < -0.4 is 5.32 Å². The van der Waals surface area contributed by atoms with E-state index in [4.69, 9.17) is 0 Å². The third-order valence-corrected chi connectivity index (χ3v) is 2.84. The van der Waals surface area contributed by atoms with Crippen LogP contribution in [0.25, 0.3) is 11.3 Å². The Kier molecular flexibility index (Phi) is 4.00. The van der Waals surface area contributed by atoms with Crippen LogP contribution in [0.3, 0.4) is 0 Å². The van der Waals surface area contributed by atoms with Gasteiger partial charge in [0, 0.05) is 43.0 Å². The molecule has 4 heteroatoms. The van der Waals surface area contributed by atoms with Gasteiger partial charge in [0.15, 0.2) is 0 Å². The van der Waals surface area contributed by atoms with Gasteiger partial charge in [-0.05, 0) is 32.9 Å². The number of pyridine rings is 1. The second kappa shape index (κ2) is 5.53. The summed E-state index contributed by atoms with van der Waals surface area (Å²) in [5, 5.41) is 7.66. The Morgan fingerprint density at radius 3 is 2.68 bits per heavy atom. The van der Waals surface area contributed by atoms with Crippen molar-refractivity contribution in [1.82, 2.24) is 20.1 Å². The van der Waals surface area contributed by atoms with E-state index in [0.29, 0.717) is 0 Å². The highest BCUT2D eigenvalue weighted by atomic mass is 15.2. The summed E-state index contributed by atoms with van der Waals surface area (Å²) in [5.74, 6) is 0. The Hall–Kier alpha value is -1.68. The Balaban J connectivity index is 2.03. The van der Waals surface area contributed by atoms with E-state index in [1.807, 2.05) is 25.5 Å². The lowest BCUT2D eigenvalue weighted by atomic mass is 10.1. The van der Waals surface area contributed by atoms with Gasteiger partial charge in [0.1, 0.15) is 0 Å². The third-order valence-electron chi connectivity index (χ3n) is 2.84. The highest BCUT2D eigenvalue weighted by molar-refractivity contribution is 5.56. The molecule has 0 saturated heterocycles. The molecule has 0 fully saturated rings. The topological polar surface area (TPSA) is 42.7 Å². The fourth-order valence-corrected chi connectivity index (χ4v) is 1.90. The van der Waals surface area contributed by atoms with Gasteiger partial charge in [-0.15, -0.1) is 0 Å². The number of hydrogen-bond donors (Lipinski definition) is 1. The summed E-state index contributed by atoms with van der Waals surface area (Å²) in [6.07, 6.45) is 4.77. The number of aromatic nitrogens is 3. The van der Waals surface area contributed by atoms with Crippen LogP contribution in [0.2, 0.25) is 0 Å². The van der Waals surface area contributed by atoms with Crippen molar-refractivity contribution in [3.8, 4) is 11.3 Å². The molecular formula is C15H22N4. The van der Waals surface area contributed by atoms with Crippen LogP contribution in [0.5, 0.6) is 0 Å². The summed E-state index contributed by atoms with van der Waals surface area (Å²) in [6, 6.07) is 6.16. The summed E-state index contributed by atoms with van der Waals surface area (Å²) >= 11 is 0. The standard InChI is InChI=1S/C15H22N4/c1-15(2,3)16-9-8-13-6-5-7-14(18-13)12-10-17-19(4)11-12/h5-7,10-11,16H,8-9H2,1-4H3. The molecule has 0 saturated carbocycles. The molecule has 102 valence electrons. The van der Waals surface area contributed by atoms with E-state index >= 15 is 0 Å². The average Bonchev–Trinajstić information content (AvgIpc) is 2.75. The molecule has 1 N–H and O–H groups in total. The van der Waals surface area contributed by atoms with Crippen molar-refractivity contribution in [2.75, 3.05) is 6.54 Å². The van der Waals surface area contributed by atoms with Gasteiger partial charge >= 0.3 is 0 Å². The van der Waals surface area contributed by atoms with Gasteiger partial charge in [-0.25, -0.2) is 0 Å². The first-order valence-corrected chi connectivity index (χ1v) is 6.64. The Morgan fingerprint density at radius 2 is 2.05 bits per heavy atom. The molecule has 2 rings (SSSR count). The number of aryl methyl sites for hydroxylation is 1. The molecule has 4 nitrogen and oxygen atoms in total. The van der Waals surface area contributed by atoms with Crippen LogP contribution in [0.1, 0.15) is 26.5 Å². The molecule has 0 aromatic carbocycles. The van der Waals surface area contributed by atoms with Gasteiger partial charge in [0.05, 0.1) is 11.9 Å². The van der Waals surface area contributed by atoms with E-state index in [0.717, 1.165) is 29.9 Å². The van der Waals surface area contributed by atoms with Crippen LogP contribution in [-0.4, -0.2) is 26.8 Å². The molecular weight excluding hydrogens is 236 g/mol. The van der Waals surface area contributed by atoms with Crippen molar-refractivity contribution in [2.24, 2.45) is 7.05 Å². The molecule has 0 atom stereocenters. The Bertz CT molecular complexity index is 537. The summed E-state index contributed by atoms with van der Waals surface area (Å²) in [5.41, 5.74) is 3.31. The van der Waals surface area contributed by atoms with Crippen molar-refractivity contribution >= 4 is 0 Å². The number of rotatable bonds is 4. The van der Waals surface area contributed by atoms with Crippen molar-refractivity contribution < 1.29 is 0 Å². The van der Waals surface area contributed by atoms with Crippen molar-refractivity contribution in [2.45, 2.75) is 32.7 Å². The van der Waals surface area contributed by atoms with Crippen LogP contribution in [-0.2, 0) is 13.5 Å².